The normalized spacial score (nSPS) is 11.6. The molecule has 0 aliphatic carbocycles. The third kappa shape index (κ3) is 2.16. The first-order chi connectivity index (χ1) is 8.71. The Hall–Kier alpha value is -2.39. The fraction of sp³-hybridized carbons (Fsp3) is 0. The molecule has 9 heteroatoms. The smallest absolute Gasteiger partial charge is 0.294 e. The van der Waals surface area contributed by atoms with E-state index in [-0.39, 0.29) is 22.2 Å². The number of nitro benzene ring substituents is 1. The number of benzene rings is 2. The highest BCUT2D eigenvalue weighted by atomic mass is 32.2. The van der Waals surface area contributed by atoms with Crippen LogP contribution in [-0.2, 0) is 10.1 Å². The van der Waals surface area contributed by atoms with Crippen molar-refractivity contribution in [3.8, 4) is 5.75 Å². The van der Waals surface area contributed by atoms with Gasteiger partial charge < -0.3 is 10.8 Å². The Morgan fingerprint density at radius 1 is 1.21 bits per heavy atom. The second-order valence-corrected chi connectivity index (χ2v) is 5.19. The van der Waals surface area contributed by atoms with Crippen LogP contribution in [0.3, 0.4) is 0 Å². The molecule has 0 spiro atoms. The fourth-order valence-corrected chi connectivity index (χ4v) is 2.21. The molecule has 2 aromatic carbocycles. The van der Waals surface area contributed by atoms with Gasteiger partial charge in [-0.1, -0.05) is 0 Å². The van der Waals surface area contributed by atoms with Crippen LogP contribution >= 0.6 is 0 Å². The van der Waals surface area contributed by atoms with Crippen molar-refractivity contribution in [1.82, 2.24) is 0 Å². The summed E-state index contributed by atoms with van der Waals surface area (Å²) >= 11 is 0. The molecule has 0 radical (unpaired) electrons. The molecular formula is C10H8N2O6S. The number of nitro groups is 1. The Bertz CT molecular complexity index is 799. The number of nitrogens with zero attached hydrogens (tertiary/aromatic N) is 1. The lowest BCUT2D eigenvalue weighted by Crippen LogP contribution is -1.99. The average molecular weight is 284 g/mol. The maximum absolute atomic E-state index is 11.0. The van der Waals surface area contributed by atoms with E-state index in [1.165, 1.54) is 0 Å². The minimum absolute atomic E-state index is 0.0269. The third-order valence-corrected chi connectivity index (χ3v) is 3.43. The molecule has 0 aliphatic heterocycles. The van der Waals surface area contributed by atoms with Gasteiger partial charge in [-0.25, -0.2) is 0 Å². The van der Waals surface area contributed by atoms with Crippen LogP contribution in [0.25, 0.3) is 10.8 Å². The quantitative estimate of drug-likeness (QED) is 0.247. The first kappa shape index (κ1) is 13.1. The molecule has 0 aromatic heterocycles. The van der Waals surface area contributed by atoms with E-state index in [0.717, 1.165) is 24.3 Å². The van der Waals surface area contributed by atoms with Crippen LogP contribution in [-0.4, -0.2) is 23.0 Å². The Balaban J connectivity index is 2.95. The van der Waals surface area contributed by atoms with Crippen LogP contribution in [0.5, 0.6) is 5.75 Å². The Morgan fingerprint density at radius 3 is 2.37 bits per heavy atom. The number of rotatable bonds is 2. The second-order valence-electron chi connectivity index (χ2n) is 3.77. The summed E-state index contributed by atoms with van der Waals surface area (Å²) in [6, 6.07) is 3.98. The molecule has 0 aliphatic rings. The molecule has 8 nitrogen and oxygen atoms in total. The van der Waals surface area contributed by atoms with Gasteiger partial charge in [0.15, 0.2) is 0 Å². The van der Waals surface area contributed by atoms with Crippen LogP contribution in [0.1, 0.15) is 0 Å². The molecule has 19 heavy (non-hydrogen) atoms. The number of hydrogen-bond acceptors (Lipinski definition) is 6. The van der Waals surface area contributed by atoms with Crippen molar-refractivity contribution < 1.29 is 23.0 Å². The number of hydrogen-bond donors (Lipinski definition) is 3. The molecule has 2 aromatic rings. The first-order valence-corrected chi connectivity index (χ1v) is 6.33. The van der Waals surface area contributed by atoms with Crippen molar-refractivity contribution in [1.29, 1.82) is 0 Å². The molecule has 4 N–H and O–H groups in total. The van der Waals surface area contributed by atoms with Crippen LogP contribution < -0.4 is 5.73 Å². The van der Waals surface area contributed by atoms with Crippen molar-refractivity contribution in [2.45, 2.75) is 4.90 Å². The van der Waals surface area contributed by atoms with Crippen LogP contribution in [0.4, 0.5) is 11.4 Å². The molecule has 0 saturated carbocycles. The maximum Gasteiger partial charge on any atom is 0.294 e. The van der Waals surface area contributed by atoms with Crippen LogP contribution in [0.15, 0.2) is 29.2 Å². The summed E-state index contributed by atoms with van der Waals surface area (Å²) in [5, 5.41) is 20.5. The van der Waals surface area contributed by atoms with E-state index >= 15 is 0 Å². The Kier molecular flexibility index (Phi) is 2.80. The van der Waals surface area contributed by atoms with E-state index in [1.54, 1.807) is 0 Å². The summed E-state index contributed by atoms with van der Waals surface area (Å²) in [5.74, 6) is -0.387. The van der Waals surface area contributed by atoms with E-state index in [4.69, 9.17) is 10.3 Å². The van der Waals surface area contributed by atoms with Gasteiger partial charge in [0, 0.05) is 11.5 Å². The number of phenols is 1. The molecule has 0 fully saturated rings. The summed E-state index contributed by atoms with van der Waals surface area (Å²) in [6.45, 7) is 0. The van der Waals surface area contributed by atoms with E-state index in [9.17, 15) is 23.6 Å². The summed E-state index contributed by atoms with van der Waals surface area (Å²) in [4.78, 5) is 9.63. The largest absolute Gasteiger partial charge is 0.505 e. The average Bonchev–Trinajstić information content (AvgIpc) is 2.31. The van der Waals surface area contributed by atoms with Crippen molar-refractivity contribution in [2.24, 2.45) is 0 Å². The van der Waals surface area contributed by atoms with Crippen molar-refractivity contribution >= 4 is 32.3 Å². The lowest BCUT2D eigenvalue weighted by atomic mass is 10.1. The lowest BCUT2D eigenvalue weighted by molar-refractivity contribution is -0.383. The van der Waals surface area contributed by atoms with Gasteiger partial charge in [0.05, 0.1) is 20.9 Å². The molecule has 100 valence electrons. The van der Waals surface area contributed by atoms with Gasteiger partial charge in [0.25, 0.3) is 15.8 Å². The number of nitrogen functional groups attached to an aromatic ring is 1. The minimum atomic E-state index is -4.50. The standard InChI is InChI=1S/C10H8N2O6S/c11-8-4-9(12(14)15)7-3-5(19(16,17)18)1-2-6(7)10(8)13/h1-4,13H,11H2,(H,16,17,18). The van der Waals surface area contributed by atoms with Gasteiger partial charge >= 0.3 is 0 Å². The number of nitrogens with two attached hydrogens (primary N) is 1. The molecule has 2 rings (SSSR count). The number of non-ortho nitro benzene ring substituents is 1. The number of phenolic OH excluding ortho intramolecular Hbond substituents is 1. The monoisotopic (exact) mass is 284 g/mol. The SMILES string of the molecule is Nc1cc([N+](=O)[O-])c2cc(S(=O)(=O)O)ccc2c1O. The van der Waals surface area contributed by atoms with E-state index < -0.39 is 25.6 Å². The molecule has 0 atom stereocenters. The molecular weight excluding hydrogens is 276 g/mol. The van der Waals surface area contributed by atoms with Gasteiger partial charge in [0.1, 0.15) is 5.75 Å². The van der Waals surface area contributed by atoms with E-state index in [2.05, 4.69) is 0 Å². The summed E-state index contributed by atoms with van der Waals surface area (Å²) in [6.07, 6.45) is 0. The fourth-order valence-electron chi connectivity index (χ4n) is 1.70. The third-order valence-electron chi connectivity index (χ3n) is 2.58. The molecule has 0 unspecified atom stereocenters. The minimum Gasteiger partial charge on any atom is -0.505 e. The Labute approximate surface area is 107 Å². The van der Waals surface area contributed by atoms with Gasteiger partial charge in [-0.3, -0.25) is 14.7 Å². The first-order valence-electron chi connectivity index (χ1n) is 4.89. The van der Waals surface area contributed by atoms with E-state index in [0.29, 0.717) is 0 Å². The maximum atomic E-state index is 11.0. The van der Waals surface area contributed by atoms with Crippen molar-refractivity contribution in [2.75, 3.05) is 5.73 Å². The lowest BCUT2D eigenvalue weighted by Gasteiger charge is -2.06. The highest BCUT2D eigenvalue weighted by Gasteiger charge is 2.20. The second kappa shape index (κ2) is 4.07. The molecule has 0 bridgehead atoms. The highest BCUT2D eigenvalue weighted by molar-refractivity contribution is 7.85. The van der Waals surface area contributed by atoms with Gasteiger partial charge in [-0.05, 0) is 18.2 Å². The van der Waals surface area contributed by atoms with E-state index in [1.807, 2.05) is 0 Å². The summed E-state index contributed by atoms with van der Waals surface area (Å²) in [7, 11) is -4.50. The molecule has 0 saturated heterocycles. The van der Waals surface area contributed by atoms with Gasteiger partial charge in [-0.15, -0.1) is 0 Å². The number of fused-ring (bicyclic) bond motifs is 1. The van der Waals surface area contributed by atoms with Gasteiger partial charge in [-0.2, -0.15) is 8.42 Å². The van der Waals surface area contributed by atoms with Crippen LogP contribution in [0.2, 0.25) is 0 Å². The summed E-state index contributed by atoms with van der Waals surface area (Å²) < 4.78 is 30.9. The highest BCUT2D eigenvalue weighted by Crippen LogP contribution is 2.38. The van der Waals surface area contributed by atoms with Crippen LogP contribution in [0, 0.1) is 10.1 Å². The Morgan fingerprint density at radius 2 is 1.84 bits per heavy atom. The topological polar surface area (TPSA) is 144 Å². The molecule has 0 amide bonds. The predicted octanol–water partition coefficient (Wildman–Crippen LogP) is 1.28. The number of aromatic hydroxyl groups is 1. The summed E-state index contributed by atoms with van der Waals surface area (Å²) in [5.41, 5.74) is 4.77. The molecule has 0 heterocycles. The predicted molar refractivity (Wildman–Crippen MR) is 66.5 cm³/mol. The zero-order chi connectivity index (χ0) is 14.4. The van der Waals surface area contributed by atoms with Crippen molar-refractivity contribution in [3.05, 3.63) is 34.4 Å². The van der Waals surface area contributed by atoms with Crippen molar-refractivity contribution in [3.63, 3.8) is 0 Å². The zero-order valence-electron chi connectivity index (χ0n) is 9.27. The number of anilines is 1. The van der Waals surface area contributed by atoms with Gasteiger partial charge in [0.2, 0.25) is 0 Å². The zero-order valence-corrected chi connectivity index (χ0v) is 10.1.